The molecule has 0 aliphatic carbocycles. The van der Waals surface area contributed by atoms with Crippen LogP contribution in [-0.2, 0) is 16.0 Å². The van der Waals surface area contributed by atoms with Crippen LogP contribution in [0.4, 0.5) is 0 Å². The lowest BCUT2D eigenvalue weighted by molar-refractivity contribution is -0.138. The Morgan fingerprint density at radius 2 is 1.87 bits per heavy atom. The molecule has 23 heavy (non-hydrogen) atoms. The molecule has 2 rings (SSSR count). The Morgan fingerprint density at radius 1 is 1.22 bits per heavy atom. The van der Waals surface area contributed by atoms with Gasteiger partial charge in [0.15, 0.2) is 0 Å². The smallest absolute Gasteiger partial charge is 0.349 e. The van der Waals surface area contributed by atoms with E-state index in [9.17, 15) is 9.59 Å². The van der Waals surface area contributed by atoms with Crippen molar-refractivity contribution in [2.24, 2.45) is 0 Å². The van der Waals surface area contributed by atoms with E-state index in [1.54, 1.807) is 26.2 Å². The Hall–Kier alpha value is -2.14. The Labute approximate surface area is 140 Å². The van der Waals surface area contributed by atoms with Gasteiger partial charge in [-0.2, -0.15) is 0 Å². The van der Waals surface area contributed by atoms with E-state index in [0.29, 0.717) is 10.4 Å². The van der Waals surface area contributed by atoms with E-state index in [2.05, 4.69) is 0 Å². The minimum Gasteiger partial charge on any atom is -0.443 e. The molecule has 1 amide bonds. The molecule has 122 valence electrons. The van der Waals surface area contributed by atoms with Crippen molar-refractivity contribution in [2.75, 3.05) is 14.1 Å². The first-order valence-corrected chi connectivity index (χ1v) is 8.32. The summed E-state index contributed by atoms with van der Waals surface area (Å²) in [6.07, 6.45) is -0.0554. The van der Waals surface area contributed by atoms with Gasteiger partial charge in [-0.3, -0.25) is 4.79 Å². The number of esters is 1. The molecule has 1 aromatic carbocycles. The van der Waals surface area contributed by atoms with Gasteiger partial charge in [0.05, 0.1) is 0 Å². The van der Waals surface area contributed by atoms with Crippen LogP contribution in [-0.4, -0.2) is 30.9 Å². The fraction of sp³-hybridized carbons (Fsp3) is 0.333. The van der Waals surface area contributed by atoms with Crippen LogP contribution in [0.2, 0.25) is 0 Å². The largest absolute Gasteiger partial charge is 0.443 e. The van der Waals surface area contributed by atoms with Gasteiger partial charge in [0.25, 0.3) is 5.91 Å². The Kier molecular flexibility index (Phi) is 5.55. The van der Waals surface area contributed by atoms with E-state index in [0.717, 1.165) is 16.9 Å². The number of ether oxygens (including phenoxy) is 1. The monoisotopic (exact) mass is 331 g/mol. The predicted molar refractivity (Wildman–Crippen MR) is 91.7 cm³/mol. The fourth-order valence-electron chi connectivity index (χ4n) is 2.26. The van der Waals surface area contributed by atoms with Crippen molar-refractivity contribution < 1.29 is 14.3 Å². The van der Waals surface area contributed by atoms with E-state index < -0.39 is 12.1 Å². The molecule has 0 saturated heterocycles. The van der Waals surface area contributed by atoms with Crippen LogP contribution >= 0.6 is 11.3 Å². The van der Waals surface area contributed by atoms with E-state index >= 15 is 0 Å². The summed E-state index contributed by atoms with van der Waals surface area (Å²) in [5.74, 6) is -0.713. The highest BCUT2D eigenvalue weighted by Crippen LogP contribution is 2.26. The quantitative estimate of drug-likeness (QED) is 0.786. The molecule has 1 aromatic heterocycles. The first-order valence-electron chi connectivity index (χ1n) is 7.50. The summed E-state index contributed by atoms with van der Waals surface area (Å²) >= 11 is 1.40. The summed E-state index contributed by atoms with van der Waals surface area (Å²) in [4.78, 5) is 27.9. The topological polar surface area (TPSA) is 46.6 Å². The van der Waals surface area contributed by atoms with E-state index in [-0.39, 0.29) is 5.91 Å². The molecule has 0 aliphatic heterocycles. The second-order valence-electron chi connectivity index (χ2n) is 5.47. The molecule has 0 radical (unpaired) electrons. The molecule has 0 spiro atoms. The average molecular weight is 331 g/mol. The van der Waals surface area contributed by atoms with E-state index in [1.807, 2.05) is 38.1 Å². The normalized spacial score (nSPS) is 11.8. The molecule has 1 atom stereocenters. The highest BCUT2D eigenvalue weighted by Gasteiger charge is 2.27. The highest BCUT2D eigenvalue weighted by atomic mass is 32.1. The number of rotatable bonds is 5. The summed E-state index contributed by atoms with van der Waals surface area (Å²) in [7, 11) is 3.30. The maximum atomic E-state index is 12.5. The third kappa shape index (κ3) is 3.99. The first-order chi connectivity index (χ1) is 10.9. The van der Waals surface area contributed by atoms with Crippen LogP contribution in [0.25, 0.3) is 0 Å². The lowest BCUT2D eigenvalue weighted by Crippen LogP contribution is -2.31. The maximum absolute atomic E-state index is 12.5. The van der Waals surface area contributed by atoms with E-state index in [1.165, 1.54) is 16.2 Å². The maximum Gasteiger partial charge on any atom is 0.349 e. The number of hydrogen-bond donors (Lipinski definition) is 0. The van der Waals surface area contributed by atoms with Gasteiger partial charge in [-0.15, -0.1) is 11.3 Å². The van der Waals surface area contributed by atoms with Crippen LogP contribution < -0.4 is 0 Å². The summed E-state index contributed by atoms with van der Waals surface area (Å²) < 4.78 is 5.54. The lowest BCUT2D eigenvalue weighted by Gasteiger charge is -2.20. The zero-order valence-electron chi connectivity index (χ0n) is 13.8. The average Bonchev–Trinajstić information content (AvgIpc) is 2.93. The standard InChI is InChI=1S/C18H21NO3S/c1-5-13-11-15(23-12(13)2)18(21)22-16(17(20)19(3)4)14-9-7-6-8-10-14/h6-11,16H,5H2,1-4H3/t16-/m1/s1. The fourth-order valence-corrected chi connectivity index (χ4v) is 3.26. The van der Waals surface area contributed by atoms with Gasteiger partial charge in [0.2, 0.25) is 6.10 Å². The number of carbonyl (C=O) groups is 2. The number of aryl methyl sites for hydroxylation is 2. The second kappa shape index (κ2) is 7.42. The SMILES string of the molecule is CCc1cc(C(=O)O[C@@H](C(=O)N(C)C)c2ccccc2)sc1C. The molecule has 1 heterocycles. The third-order valence-electron chi connectivity index (χ3n) is 3.59. The number of hydrogen-bond acceptors (Lipinski definition) is 4. The van der Waals surface area contributed by atoms with Crippen molar-refractivity contribution in [2.45, 2.75) is 26.4 Å². The molecule has 0 aliphatic rings. The van der Waals surface area contributed by atoms with Gasteiger partial charge >= 0.3 is 5.97 Å². The molecule has 5 heteroatoms. The number of carbonyl (C=O) groups excluding carboxylic acids is 2. The van der Waals surface area contributed by atoms with Crippen LogP contribution in [0.15, 0.2) is 36.4 Å². The van der Waals surface area contributed by atoms with Crippen LogP contribution in [0.3, 0.4) is 0 Å². The zero-order chi connectivity index (χ0) is 17.0. The van der Waals surface area contributed by atoms with Gasteiger partial charge in [-0.05, 0) is 25.0 Å². The molecular formula is C18H21NO3S. The number of thiophene rings is 1. The molecule has 0 N–H and O–H groups in total. The number of amides is 1. The lowest BCUT2D eigenvalue weighted by atomic mass is 10.1. The molecule has 2 aromatic rings. The van der Waals surface area contributed by atoms with Crippen molar-refractivity contribution in [3.05, 3.63) is 57.3 Å². The molecule has 0 unspecified atom stereocenters. The summed E-state index contributed by atoms with van der Waals surface area (Å²) in [6, 6.07) is 10.9. The van der Waals surface area contributed by atoms with E-state index in [4.69, 9.17) is 4.74 Å². The Balaban J connectivity index is 2.26. The third-order valence-corrected chi connectivity index (χ3v) is 4.67. The second-order valence-corrected chi connectivity index (χ2v) is 6.73. The van der Waals surface area contributed by atoms with Crippen molar-refractivity contribution in [1.82, 2.24) is 4.90 Å². The van der Waals surface area contributed by atoms with Crippen molar-refractivity contribution in [1.29, 1.82) is 0 Å². The van der Waals surface area contributed by atoms with Gasteiger partial charge in [0.1, 0.15) is 4.88 Å². The van der Waals surface area contributed by atoms with Crippen molar-refractivity contribution >= 4 is 23.2 Å². The molecule has 0 saturated carbocycles. The van der Waals surface area contributed by atoms with Crippen LogP contribution in [0.1, 0.15) is 38.7 Å². The van der Waals surface area contributed by atoms with Gasteiger partial charge in [-0.1, -0.05) is 37.3 Å². The summed E-state index contributed by atoms with van der Waals surface area (Å²) in [5, 5.41) is 0. The minimum absolute atomic E-state index is 0.256. The van der Waals surface area contributed by atoms with Crippen molar-refractivity contribution in [3.63, 3.8) is 0 Å². The summed E-state index contributed by atoms with van der Waals surface area (Å²) in [5.41, 5.74) is 1.81. The number of nitrogens with zero attached hydrogens (tertiary/aromatic N) is 1. The van der Waals surface area contributed by atoms with Gasteiger partial charge < -0.3 is 9.64 Å². The Bertz CT molecular complexity index is 692. The van der Waals surface area contributed by atoms with Crippen LogP contribution in [0.5, 0.6) is 0 Å². The molecule has 0 bridgehead atoms. The number of likely N-dealkylation sites (N-methyl/N-ethyl adjacent to an activating group) is 1. The Morgan fingerprint density at radius 3 is 2.39 bits per heavy atom. The van der Waals surface area contributed by atoms with Gasteiger partial charge in [0, 0.05) is 24.5 Å². The van der Waals surface area contributed by atoms with Crippen molar-refractivity contribution in [3.8, 4) is 0 Å². The molecule has 4 nitrogen and oxygen atoms in total. The number of benzene rings is 1. The predicted octanol–water partition coefficient (Wildman–Crippen LogP) is 3.61. The van der Waals surface area contributed by atoms with Gasteiger partial charge in [-0.25, -0.2) is 4.79 Å². The zero-order valence-corrected chi connectivity index (χ0v) is 14.6. The minimum atomic E-state index is -0.925. The first kappa shape index (κ1) is 17.2. The molecular weight excluding hydrogens is 310 g/mol. The van der Waals surface area contributed by atoms with Crippen LogP contribution in [0, 0.1) is 6.92 Å². The molecule has 0 fully saturated rings. The summed E-state index contributed by atoms with van der Waals surface area (Å²) in [6.45, 7) is 4.03. The highest BCUT2D eigenvalue weighted by molar-refractivity contribution is 7.14.